The second-order valence-electron chi connectivity index (χ2n) is 2.75. The van der Waals surface area contributed by atoms with Crippen LogP contribution < -0.4 is 0 Å². The lowest BCUT2D eigenvalue weighted by atomic mass is 10.2. The zero-order chi connectivity index (χ0) is 9.80. The average Bonchev–Trinajstić information content (AvgIpc) is 2.68. The van der Waals surface area contributed by atoms with Gasteiger partial charge in [-0.05, 0) is 17.7 Å². The Balaban J connectivity index is 2.26. The Kier molecular flexibility index (Phi) is 3.11. The SMILES string of the molecule is O=CC=C1C=C(c2ccccc2)SS1. The van der Waals surface area contributed by atoms with Crippen LogP contribution in [0.15, 0.2) is 47.4 Å². The Morgan fingerprint density at radius 2 is 1.86 bits per heavy atom. The molecule has 0 amide bonds. The van der Waals surface area contributed by atoms with E-state index in [-0.39, 0.29) is 0 Å². The molecule has 0 atom stereocenters. The van der Waals surface area contributed by atoms with E-state index in [0.717, 1.165) is 11.2 Å². The van der Waals surface area contributed by atoms with Gasteiger partial charge in [-0.1, -0.05) is 51.9 Å². The highest BCUT2D eigenvalue weighted by Gasteiger charge is 2.11. The number of hydrogen-bond acceptors (Lipinski definition) is 3. The first-order chi connectivity index (χ1) is 6.90. The van der Waals surface area contributed by atoms with E-state index < -0.39 is 0 Å². The summed E-state index contributed by atoms with van der Waals surface area (Å²) >= 11 is 0. The van der Waals surface area contributed by atoms with Gasteiger partial charge in [0.05, 0.1) is 0 Å². The fraction of sp³-hybridized carbons (Fsp3) is 0. The van der Waals surface area contributed by atoms with Crippen molar-refractivity contribution in [2.45, 2.75) is 0 Å². The lowest BCUT2D eigenvalue weighted by molar-refractivity contribution is -0.104. The van der Waals surface area contributed by atoms with Crippen molar-refractivity contribution in [3.8, 4) is 0 Å². The van der Waals surface area contributed by atoms with Gasteiger partial charge in [0.25, 0.3) is 0 Å². The number of rotatable bonds is 2. The standard InChI is InChI=1S/C11H8OS2/c12-7-6-10-8-11(14-13-10)9-4-2-1-3-5-9/h1-8H. The minimum atomic E-state index is 0.827. The molecule has 0 saturated carbocycles. The van der Waals surface area contributed by atoms with E-state index in [0.29, 0.717) is 0 Å². The van der Waals surface area contributed by atoms with Crippen LogP contribution in [0.1, 0.15) is 5.56 Å². The molecule has 1 aromatic rings. The number of carbonyl (C=O) groups is 1. The molecule has 0 N–H and O–H groups in total. The highest BCUT2D eigenvalue weighted by Crippen LogP contribution is 2.48. The summed E-state index contributed by atoms with van der Waals surface area (Å²) in [6.07, 6.45) is 4.46. The summed E-state index contributed by atoms with van der Waals surface area (Å²) in [7, 11) is 3.32. The predicted octanol–water partition coefficient (Wildman–Crippen LogP) is 3.51. The van der Waals surface area contributed by atoms with Crippen LogP contribution in [0.4, 0.5) is 0 Å². The minimum Gasteiger partial charge on any atom is -0.299 e. The Labute approximate surface area is 90.7 Å². The van der Waals surface area contributed by atoms with Crippen LogP contribution in [0.3, 0.4) is 0 Å². The van der Waals surface area contributed by atoms with Crippen LogP contribution in [0, 0.1) is 0 Å². The molecule has 0 aliphatic carbocycles. The van der Waals surface area contributed by atoms with Gasteiger partial charge in [0.2, 0.25) is 0 Å². The molecule has 1 nitrogen and oxygen atoms in total. The third-order valence-electron chi connectivity index (χ3n) is 1.79. The van der Waals surface area contributed by atoms with Crippen LogP contribution in [-0.2, 0) is 4.79 Å². The van der Waals surface area contributed by atoms with E-state index in [1.165, 1.54) is 10.5 Å². The molecule has 2 rings (SSSR count). The molecule has 1 aliphatic rings. The molecule has 1 aromatic carbocycles. The first kappa shape index (κ1) is 9.62. The fourth-order valence-corrected chi connectivity index (χ4v) is 3.39. The van der Waals surface area contributed by atoms with E-state index in [9.17, 15) is 4.79 Å². The average molecular weight is 220 g/mol. The van der Waals surface area contributed by atoms with Crippen molar-refractivity contribution in [2.75, 3.05) is 0 Å². The summed E-state index contributed by atoms with van der Waals surface area (Å²) < 4.78 is 0. The second kappa shape index (κ2) is 4.53. The summed E-state index contributed by atoms with van der Waals surface area (Å²) in [4.78, 5) is 12.5. The third-order valence-corrected chi connectivity index (χ3v) is 4.22. The van der Waals surface area contributed by atoms with Gasteiger partial charge in [-0.15, -0.1) is 0 Å². The molecule has 3 heteroatoms. The third kappa shape index (κ3) is 2.11. The maximum atomic E-state index is 10.3. The van der Waals surface area contributed by atoms with Gasteiger partial charge < -0.3 is 0 Å². The molecule has 0 bridgehead atoms. The van der Waals surface area contributed by atoms with Crippen LogP contribution in [0.2, 0.25) is 0 Å². The smallest absolute Gasteiger partial charge is 0.143 e. The van der Waals surface area contributed by atoms with Crippen molar-refractivity contribution in [2.24, 2.45) is 0 Å². The van der Waals surface area contributed by atoms with Crippen molar-refractivity contribution in [3.63, 3.8) is 0 Å². The number of aldehydes is 1. The number of allylic oxidation sites excluding steroid dienone is 2. The molecule has 1 heterocycles. The Morgan fingerprint density at radius 3 is 2.57 bits per heavy atom. The second-order valence-corrected chi connectivity index (χ2v) is 4.99. The van der Waals surface area contributed by atoms with Crippen molar-refractivity contribution in [1.82, 2.24) is 0 Å². The first-order valence-corrected chi connectivity index (χ1v) is 6.32. The molecule has 0 fully saturated rings. The summed E-state index contributed by atoms with van der Waals surface area (Å²) in [5.74, 6) is 0. The van der Waals surface area contributed by atoms with Gasteiger partial charge in [-0.3, -0.25) is 4.79 Å². The van der Waals surface area contributed by atoms with Crippen LogP contribution in [0.5, 0.6) is 0 Å². The molecule has 0 spiro atoms. The molecule has 0 saturated heterocycles. The van der Waals surface area contributed by atoms with Crippen LogP contribution in [0.25, 0.3) is 4.91 Å². The van der Waals surface area contributed by atoms with Crippen LogP contribution >= 0.6 is 21.6 Å². The number of hydrogen-bond donors (Lipinski definition) is 0. The number of benzene rings is 1. The van der Waals surface area contributed by atoms with Gasteiger partial charge >= 0.3 is 0 Å². The van der Waals surface area contributed by atoms with Crippen LogP contribution in [-0.4, -0.2) is 6.29 Å². The monoisotopic (exact) mass is 220 g/mol. The summed E-state index contributed by atoms with van der Waals surface area (Å²) in [5.41, 5.74) is 1.21. The fourth-order valence-electron chi connectivity index (χ4n) is 1.15. The molecule has 0 aromatic heterocycles. The summed E-state index contributed by atoms with van der Waals surface area (Å²) in [6.45, 7) is 0. The Hall–Kier alpha value is -0.930. The maximum absolute atomic E-state index is 10.3. The van der Waals surface area contributed by atoms with Gasteiger partial charge in [0.15, 0.2) is 0 Å². The minimum absolute atomic E-state index is 0.827. The highest BCUT2D eigenvalue weighted by molar-refractivity contribution is 8.82. The lowest BCUT2D eigenvalue weighted by Gasteiger charge is -1.97. The van der Waals surface area contributed by atoms with E-state index in [1.54, 1.807) is 27.7 Å². The lowest BCUT2D eigenvalue weighted by Crippen LogP contribution is -1.73. The van der Waals surface area contributed by atoms with Crippen molar-refractivity contribution in [1.29, 1.82) is 0 Å². The quantitative estimate of drug-likeness (QED) is 0.431. The maximum Gasteiger partial charge on any atom is 0.143 e. The Morgan fingerprint density at radius 1 is 1.07 bits per heavy atom. The zero-order valence-electron chi connectivity index (χ0n) is 7.34. The molecule has 0 radical (unpaired) electrons. The molecule has 0 unspecified atom stereocenters. The molecule has 1 aliphatic heterocycles. The number of carbonyl (C=O) groups excluding carboxylic acids is 1. The van der Waals surface area contributed by atoms with Gasteiger partial charge in [-0.25, -0.2) is 0 Å². The topological polar surface area (TPSA) is 17.1 Å². The van der Waals surface area contributed by atoms with Crippen molar-refractivity contribution in [3.05, 3.63) is 53.0 Å². The van der Waals surface area contributed by atoms with Crippen molar-refractivity contribution < 1.29 is 4.79 Å². The largest absolute Gasteiger partial charge is 0.299 e. The van der Waals surface area contributed by atoms with Gasteiger partial charge in [0.1, 0.15) is 6.29 Å². The zero-order valence-corrected chi connectivity index (χ0v) is 8.98. The van der Waals surface area contributed by atoms with Gasteiger partial charge in [-0.2, -0.15) is 0 Å². The summed E-state index contributed by atoms with van der Waals surface area (Å²) in [5, 5.41) is 0. The summed E-state index contributed by atoms with van der Waals surface area (Å²) in [6, 6.07) is 10.2. The van der Waals surface area contributed by atoms with Gasteiger partial charge in [0, 0.05) is 9.81 Å². The Bertz CT molecular complexity index is 393. The predicted molar refractivity (Wildman–Crippen MR) is 63.7 cm³/mol. The normalized spacial score (nSPS) is 18.3. The van der Waals surface area contributed by atoms with E-state index in [4.69, 9.17) is 0 Å². The van der Waals surface area contributed by atoms with E-state index in [2.05, 4.69) is 12.1 Å². The highest BCUT2D eigenvalue weighted by atomic mass is 33.1. The first-order valence-electron chi connectivity index (χ1n) is 4.17. The molecular formula is C11H8OS2. The van der Waals surface area contributed by atoms with E-state index >= 15 is 0 Å². The molecular weight excluding hydrogens is 212 g/mol. The molecule has 70 valence electrons. The van der Waals surface area contributed by atoms with E-state index in [1.807, 2.05) is 24.3 Å². The van der Waals surface area contributed by atoms with Crippen molar-refractivity contribution >= 4 is 32.8 Å². The molecule has 14 heavy (non-hydrogen) atoms.